The predicted molar refractivity (Wildman–Crippen MR) is 65.2 cm³/mol. The Bertz CT molecular complexity index is 413. The largest absolute Gasteiger partial charge is 0.395 e. The van der Waals surface area contributed by atoms with Gasteiger partial charge in [-0.15, -0.1) is 0 Å². The molecule has 0 fully saturated rings. The summed E-state index contributed by atoms with van der Waals surface area (Å²) in [7, 11) is -1.26. The Hall–Kier alpha value is -1.00. The third-order valence-corrected chi connectivity index (χ3v) is 3.66. The number of carbonyl (C=O) groups excluding carboxylic acids is 1. The van der Waals surface area contributed by atoms with Gasteiger partial charge in [0.15, 0.2) is 5.78 Å². The molecule has 1 unspecified atom stereocenters. The highest BCUT2D eigenvalue weighted by Crippen LogP contribution is 2.10. The zero-order valence-electron chi connectivity index (χ0n) is 9.53. The van der Waals surface area contributed by atoms with Crippen LogP contribution in [0.15, 0.2) is 18.2 Å². The molecule has 0 spiro atoms. The second-order valence-electron chi connectivity index (χ2n) is 3.73. The number of benzene rings is 1. The number of Topliss-reactive ketones (excluding diaryl/α,β-unsaturated/α-hetero) is 1. The van der Waals surface area contributed by atoms with Crippen molar-refractivity contribution in [1.82, 2.24) is 0 Å². The first-order chi connectivity index (χ1) is 7.54. The van der Waals surface area contributed by atoms with E-state index < -0.39 is 10.8 Å². The third-order valence-electron chi connectivity index (χ3n) is 2.44. The number of hydrogen-bond acceptors (Lipinski definition) is 3. The number of carbonyl (C=O) groups is 1. The third kappa shape index (κ3) is 3.54. The molecule has 3 nitrogen and oxygen atoms in total. The predicted octanol–water partition coefficient (Wildman–Crippen LogP) is 1.23. The van der Waals surface area contributed by atoms with Gasteiger partial charge >= 0.3 is 0 Å². The lowest BCUT2D eigenvalue weighted by Crippen LogP contribution is -2.15. The van der Waals surface area contributed by atoms with Crippen molar-refractivity contribution in [2.45, 2.75) is 13.8 Å². The molecule has 88 valence electrons. The molecular formula is C12H16O3S. The fourth-order valence-corrected chi connectivity index (χ4v) is 2.13. The molecule has 0 amide bonds. The molecule has 0 heterocycles. The fraction of sp³-hybridized carbons (Fsp3) is 0.417. The van der Waals surface area contributed by atoms with E-state index in [2.05, 4.69) is 0 Å². The van der Waals surface area contributed by atoms with Gasteiger partial charge < -0.3 is 5.11 Å². The van der Waals surface area contributed by atoms with Crippen LogP contribution in [0.4, 0.5) is 0 Å². The summed E-state index contributed by atoms with van der Waals surface area (Å²) >= 11 is 0. The van der Waals surface area contributed by atoms with Crippen LogP contribution in [0.3, 0.4) is 0 Å². The maximum atomic E-state index is 11.7. The summed E-state index contributed by atoms with van der Waals surface area (Å²) in [5.41, 5.74) is 2.78. The van der Waals surface area contributed by atoms with Crippen LogP contribution in [0.1, 0.15) is 21.5 Å². The number of aliphatic hydroxyl groups is 1. The van der Waals surface area contributed by atoms with Crippen LogP contribution in [0, 0.1) is 13.8 Å². The topological polar surface area (TPSA) is 54.4 Å². The maximum absolute atomic E-state index is 11.7. The molecule has 0 aliphatic rings. The number of hydrogen-bond donors (Lipinski definition) is 1. The van der Waals surface area contributed by atoms with Crippen molar-refractivity contribution in [2.24, 2.45) is 0 Å². The summed E-state index contributed by atoms with van der Waals surface area (Å²) in [6.07, 6.45) is 0. The minimum atomic E-state index is -1.26. The second-order valence-corrected chi connectivity index (χ2v) is 5.31. The molecular weight excluding hydrogens is 224 g/mol. The van der Waals surface area contributed by atoms with E-state index >= 15 is 0 Å². The van der Waals surface area contributed by atoms with Crippen molar-refractivity contribution in [1.29, 1.82) is 0 Å². The molecule has 1 aromatic rings. The highest BCUT2D eigenvalue weighted by atomic mass is 32.2. The van der Waals surface area contributed by atoms with E-state index in [-0.39, 0.29) is 23.9 Å². The minimum absolute atomic E-state index is 0.0109. The molecule has 0 bridgehead atoms. The minimum Gasteiger partial charge on any atom is -0.395 e. The van der Waals surface area contributed by atoms with Crippen LogP contribution in [0.2, 0.25) is 0 Å². The van der Waals surface area contributed by atoms with E-state index in [0.29, 0.717) is 5.56 Å². The van der Waals surface area contributed by atoms with Crippen molar-refractivity contribution >= 4 is 16.6 Å². The molecule has 0 aliphatic carbocycles. The lowest BCUT2D eigenvalue weighted by molar-refractivity contribution is 0.102. The molecule has 0 aliphatic heterocycles. The second kappa shape index (κ2) is 5.92. The van der Waals surface area contributed by atoms with Crippen molar-refractivity contribution in [3.05, 3.63) is 34.9 Å². The number of aliphatic hydroxyl groups excluding tert-OH is 1. The number of aryl methyl sites for hydroxylation is 2. The van der Waals surface area contributed by atoms with Crippen LogP contribution in [0.5, 0.6) is 0 Å². The molecule has 1 N–H and O–H groups in total. The Kier molecular flexibility index (Phi) is 4.83. The number of ketones is 1. The van der Waals surface area contributed by atoms with E-state index in [1.54, 1.807) is 6.07 Å². The van der Waals surface area contributed by atoms with Crippen LogP contribution in [-0.2, 0) is 10.8 Å². The smallest absolute Gasteiger partial charge is 0.175 e. The summed E-state index contributed by atoms with van der Waals surface area (Å²) in [6, 6.07) is 5.45. The van der Waals surface area contributed by atoms with Gasteiger partial charge in [0.1, 0.15) is 0 Å². The van der Waals surface area contributed by atoms with Gasteiger partial charge in [0.2, 0.25) is 0 Å². The first-order valence-corrected chi connectivity index (χ1v) is 6.59. The van der Waals surface area contributed by atoms with E-state index in [9.17, 15) is 9.00 Å². The Balaban J connectivity index is 2.73. The molecule has 0 aromatic heterocycles. The quantitative estimate of drug-likeness (QED) is 0.787. The van der Waals surface area contributed by atoms with Crippen molar-refractivity contribution < 1.29 is 14.1 Å². The Morgan fingerprint density at radius 3 is 2.56 bits per heavy atom. The lowest BCUT2D eigenvalue weighted by atomic mass is 10.0. The lowest BCUT2D eigenvalue weighted by Gasteiger charge is -2.04. The molecule has 16 heavy (non-hydrogen) atoms. The highest BCUT2D eigenvalue weighted by molar-refractivity contribution is 7.85. The van der Waals surface area contributed by atoms with Crippen molar-refractivity contribution in [3.63, 3.8) is 0 Å². The van der Waals surface area contributed by atoms with Crippen LogP contribution < -0.4 is 0 Å². The van der Waals surface area contributed by atoms with Crippen LogP contribution in [0.25, 0.3) is 0 Å². The van der Waals surface area contributed by atoms with E-state index in [0.717, 1.165) is 11.1 Å². The summed E-state index contributed by atoms with van der Waals surface area (Å²) in [4.78, 5) is 11.7. The van der Waals surface area contributed by atoms with Crippen molar-refractivity contribution in [2.75, 3.05) is 18.1 Å². The van der Waals surface area contributed by atoms with Gasteiger partial charge in [0.25, 0.3) is 0 Å². The van der Waals surface area contributed by atoms with Gasteiger partial charge in [0.05, 0.1) is 12.4 Å². The van der Waals surface area contributed by atoms with Gasteiger partial charge in [-0.25, -0.2) is 0 Å². The first kappa shape index (κ1) is 13.1. The molecule has 4 heteroatoms. The van der Waals surface area contributed by atoms with Crippen LogP contribution in [-0.4, -0.2) is 33.2 Å². The van der Waals surface area contributed by atoms with Crippen molar-refractivity contribution in [3.8, 4) is 0 Å². The average molecular weight is 240 g/mol. The standard InChI is InChI=1S/C12H16O3S/c1-9-3-4-11(7-10(9)2)12(14)8-16(15)6-5-13/h3-4,7,13H,5-6,8H2,1-2H3. The SMILES string of the molecule is Cc1ccc(C(=O)CS(=O)CCO)cc1C. The average Bonchev–Trinajstić information content (AvgIpc) is 2.22. The monoisotopic (exact) mass is 240 g/mol. The summed E-state index contributed by atoms with van der Waals surface area (Å²) in [5, 5.41) is 8.60. The van der Waals surface area contributed by atoms with Gasteiger partial charge in [-0.05, 0) is 31.0 Å². The van der Waals surface area contributed by atoms with Crippen LogP contribution >= 0.6 is 0 Å². The molecule has 1 rings (SSSR count). The summed E-state index contributed by atoms with van der Waals surface area (Å²) < 4.78 is 11.3. The molecule has 0 saturated carbocycles. The zero-order valence-corrected chi connectivity index (χ0v) is 10.3. The van der Waals surface area contributed by atoms with E-state index in [1.807, 2.05) is 26.0 Å². The fourth-order valence-electron chi connectivity index (χ4n) is 1.32. The zero-order chi connectivity index (χ0) is 12.1. The molecule has 0 radical (unpaired) electrons. The van der Waals surface area contributed by atoms with Gasteiger partial charge in [-0.3, -0.25) is 9.00 Å². The summed E-state index contributed by atoms with van der Waals surface area (Å²) in [5.74, 6) is 0.0227. The summed E-state index contributed by atoms with van der Waals surface area (Å²) in [6.45, 7) is 3.77. The highest BCUT2D eigenvalue weighted by Gasteiger charge is 2.10. The van der Waals surface area contributed by atoms with Gasteiger partial charge in [0, 0.05) is 22.1 Å². The Morgan fingerprint density at radius 1 is 1.31 bits per heavy atom. The van der Waals surface area contributed by atoms with Gasteiger partial charge in [-0.1, -0.05) is 12.1 Å². The molecule has 1 atom stereocenters. The maximum Gasteiger partial charge on any atom is 0.175 e. The molecule has 1 aromatic carbocycles. The first-order valence-electron chi connectivity index (χ1n) is 5.11. The molecule has 0 saturated heterocycles. The normalized spacial score (nSPS) is 12.4. The van der Waals surface area contributed by atoms with E-state index in [1.165, 1.54) is 0 Å². The number of rotatable bonds is 5. The van der Waals surface area contributed by atoms with Gasteiger partial charge in [-0.2, -0.15) is 0 Å². The Labute approximate surface area is 98.0 Å². The Morgan fingerprint density at radius 2 is 2.00 bits per heavy atom. The van der Waals surface area contributed by atoms with E-state index in [4.69, 9.17) is 5.11 Å².